The van der Waals surface area contributed by atoms with E-state index in [1.165, 1.54) is 12.8 Å². The van der Waals surface area contributed by atoms with E-state index in [-0.39, 0.29) is 0 Å². The molecule has 1 aliphatic rings. The Morgan fingerprint density at radius 2 is 2.31 bits per heavy atom. The molecule has 1 aromatic heterocycles. The first-order valence-corrected chi connectivity index (χ1v) is 4.40. The first kappa shape index (κ1) is 8.06. The molecule has 0 amide bonds. The van der Waals surface area contributed by atoms with E-state index in [2.05, 4.69) is 16.0 Å². The van der Waals surface area contributed by atoms with Gasteiger partial charge in [0.1, 0.15) is 11.9 Å². The highest BCUT2D eigenvalue weighted by molar-refractivity contribution is 5.43. The Kier molecular flexibility index (Phi) is 1.90. The van der Waals surface area contributed by atoms with Crippen molar-refractivity contribution in [2.45, 2.75) is 18.9 Å². The molecule has 0 atom stereocenters. The summed E-state index contributed by atoms with van der Waals surface area (Å²) in [7, 11) is 2.05. The maximum atomic E-state index is 8.59. The van der Waals surface area contributed by atoms with Crippen molar-refractivity contribution in [1.29, 1.82) is 5.26 Å². The topological polar surface area (TPSA) is 39.9 Å². The summed E-state index contributed by atoms with van der Waals surface area (Å²) in [6.45, 7) is 0. The van der Waals surface area contributed by atoms with Crippen molar-refractivity contribution in [3.05, 3.63) is 23.9 Å². The van der Waals surface area contributed by atoms with Gasteiger partial charge in [-0.05, 0) is 25.0 Å². The van der Waals surface area contributed by atoms with Gasteiger partial charge in [-0.25, -0.2) is 4.98 Å². The molecule has 2 rings (SSSR count). The zero-order valence-corrected chi connectivity index (χ0v) is 7.57. The summed E-state index contributed by atoms with van der Waals surface area (Å²) in [5.41, 5.74) is 0.618. The molecular weight excluding hydrogens is 162 g/mol. The predicted molar refractivity (Wildman–Crippen MR) is 50.4 cm³/mol. The van der Waals surface area contributed by atoms with Gasteiger partial charge in [-0.3, -0.25) is 0 Å². The van der Waals surface area contributed by atoms with Gasteiger partial charge < -0.3 is 4.90 Å². The van der Waals surface area contributed by atoms with Crippen LogP contribution in [0.4, 0.5) is 5.82 Å². The highest BCUT2D eigenvalue weighted by Gasteiger charge is 2.26. The molecule has 0 aromatic carbocycles. The van der Waals surface area contributed by atoms with Gasteiger partial charge >= 0.3 is 0 Å². The van der Waals surface area contributed by atoms with Crippen LogP contribution in [0.2, 0.25) is 0 Å². The molecule has 3 heteroatoms. The molecule has 0 saturated heterocycles. The fourth-order valence-electron chi connectivity index (χ4n) is 1.31. The number of nitrogens with zero attached hydrogens (tertiary/aromatic N) is 3. The first-order chi connectivity index (χ1) is 6.31. The van der Waals surface area contributed by atoms with Gasteiger partial charge in [0.25, 0.3) is 0 Å². The van der Waals surface area contributed by atoms with Crippen LogP contribution in [-0.4, -0.2) is 18.1 Å². The number of nitriles is 1. The molecule has 1 heterocycles. The first-order valence-electron chi connectivity index (χ1n) is 4.40. The van der Waals surface area contributed by atoms with Crippen molar-refractivity contribution in [3.63, 3.8) is 0 Å². The second kappa shape index (κ2) is 3.06. The summed E-state index contributed by atoms with van der Waals surface area (Å²) in [6, 6.07) is 6.43. The smallest absolute Gasteiger partial charge is 0.128 e. The van der Waals surface area contributed by atoms with E-state index in [1.54, 1.807) is 12.3 Å². The molecule has 0 bridgehead atoms. The average Bonchev–Trinajstić information content (AvgIpc) is 3.00. The monoisotopic (exact) mass is 173 g/mol. The molecule has 3 nitrogen and oxygen atoms in total. The molecule has 0 spiro atoms. The molecule has 0 N–H and O–H groups in total. The van der Waals surface area contributed by atoms with E-state index < -0.39 is 0 Å². The maximum absolute atomic E-state index is 8.59. The van der Waals surface area contributed by atoms with E-state index in [9.17, 15) is 0 Å². The van der Waals surface area contributed by atoms with Crippen LogP contribution in [0.15, 0.2) is 18.3 Å². The molecule has 1 fully saturated rings. The number of pyridine rings is 1. The Labute approximate surface area is 77.6 Å². The van der Waals surface area contributed by atoms with Gasteiger partial charge in [-0.15, -0.1) is 0 Å². The maximum Gasteiger partial charge on any atom is 0.128 e. The highest BCUT2D eigenvalue weighted by Crippen LogP contribution is 2.28. The lowest BCUT2D eigenvalue weighted by atomic mass is 10.3. The third kappa shape index (κ3) is 1.62. The second-order valence-electron chi connectivity index (χ2n) is 3.36. The van der Waals surface area contributed by atoms with Gasteiger partial charge in [0, 0.05) is 19.3 Å². The second-order valence-corrected chi connectivity index (χ2v) is 3.36. The van der Waals surface area contributed by atoms with Gasteiger partial charge in [0.15, 0.2) is 0 Å². The van der Waals surface area contributed by atoms with Crippen molar-refractivity contribution in [2.24, 2.45) is 0 Å². The average molecular weight is 173 g/mol. The van der Waals surface area contributed by atoms with Crippen molar-refractivity contribution in [3.8, 4) is 6.07 Å². The van der Waals surface area contributed by atoms with Gasteiger partial charge in [-0.1, -0.05) is 0 Å². The number of hydrogen-bond donors (Lipinski definition) is 0. The van der Waals surface area contributed by atoms with E-state index in [0.29, 0.717) is 11.6 Å². The minimum atomic E-state index is 0.618. The quantitative estimate of drug-likeness (QED) is 0.681. The van der Waals surface area contributed by atoms with E-state index in [0.717, 1.165) is 5.82 Å². The molecular formula is C10H11N3. The zero-order chi connectivity index (χ0) is 9.26. The summed E-state index contributed by atoms with van der Waals surface area (Å²) in [4.78, 5) is 6.38. The predicted octanol–water partition coefficient (Wildman–Crippen LogP) is 1.55. The van der Waals surface area contributed by atoms with Gasteiger partial charge in [0.05, 0.1) is 5.56 Å². The van der Waals surface area contributed by atoms with Crippen LogP contribution in [0.25, 0.3) is 0 Å². The summed E-state index contributed by atoms with van der Waals surface area (Å²) in [6.07, 6.45) is 4.14. The Morgan fingerprint density at radius 3 is 2.77 bits per heavy atom. The van der Waals surface area contributed by atoms with Crippen LogP contribution in [0.1, 0.15) is 18.4 Å². The number of hydrogen-bond acceptors (Lipinski definition) is 3. The Balaban J connectivity index is 2.17. The van der Waals surface area contributed by atoms with Crippen molar-refractivity contribution >= 4 is 5.82 Å². The minimum Gasteiger partial charge on any atom is -0.357 e. The lowest BCUT2D eigenvalue weighted by Gasteiger charge is -2.16. The normalized spacial score (nSPS) is 15.1. The summed E-state index contributed by atoms with van der Waals surface area (Å²) < 4.78 is 0. The number of aromatic nitrogens is 1. The third-order valence-electron chi connectivity index (χ3n) is 2.33. The largest absolute Gasteiger partial charge is 0.357 e. The summed E-state index contributed by atoms with van der Waals surface area (Å²) in [5.74, 6) is 0.960. The minimum absolute atomic E-state index is 0.618. The van der Waals surface area contributed by atoms with Crippen LogP contribution in [-0.2, 0) is 0 Å². The fourth-order valence-corrected chi connectivity index (χ4v) is 1.31. The van der Waals surface area contributed by atoms with Crippen LogP contribution in [0.5, 0.6) is 0 Å². The standard InChI is InChI=1S/C10H11N3/c1-13(9-3-4-9)10-5-2-8(6-11)7-12-10/h2,5,7,9H,3-4H2,1H3. The van der Waals surface area contributed by atoms with Gasteiger partial charge in [-0.2, -0.15) is 5.26 Å². The lowest BCUT2D eigenvalue weighted by Crippen LogP contribution is -2.20. The number of anilines is 1. The molecule has 13 heavy (non-hydrogen) atoms. The Morgan fingerprint density at radius 1 is 1.54 bits per heavy atom. The van der Waals surface area contributed by atoms with Crippen LogP contribution < -0.4 is 4.90 Å². The summed E-state index contributed by atoms with van der Waals surface area (Å²) in [5, 5.41) is 8.59. The molecule has 1 saturated carbocycles. The molecule has 0 aliphatic heterocycles. The highest BCUT2D eigenvalue weighted by atomic mass is 15.2. The van der Waals surface area contributed by atoms with Gasteiger partial charge in [0.2, 0.25) is 0 Å². The van der Waals surface area contributed by atoms with E-state index in [4.69, 9.17) is 5.26 Å². The molecule has 66 valence electrons. The zero-order valence-electron chi connectivity index (χ0n) is 7.57. The third-order valence-corrected chi connectivity index (χ3v) is 2.33. The van der Waals surface area contributed by atoms with Crippen molar-refractivity contribution in [2.75, 3.05) is 11.9 Å². The molecule has 1 aromatic rings. The fraction of sp³-hybridized carbons (Fsp3) is 0.400. The Hall–Kier alpha value is -1.56. The van der Waals surface area contributed by atoms with Crippen LogP contribution >= 0.6 is 0 Å². The SMILES string of the molecule is CN(c1ccc(C#N)cn1)C1CC1. The lowest BCUT2D eigenvalue weighted by molar-refractivity contribution is 0.892. The summed E-state index contributed by atoms with van der Waals surface area (Å²) >= 11 is 0. The molecule has 1 aliphatic carbocycles. The molecule has 0 unspecified atom stereocenters. The van der Waals surface area contributed by atoms with Crippen molar-refractivity contribution in [1.82, 2.24) is 4.98 Å². The number of rotatable bonds is 2. The van der Waals surface area contributed by atoms with Crippen molar-refractivity contribution < 1.29 is 0 Å². The Bertz CT molecular complexity index is 332. The van der Waals surface area contributed by atoms with E-state index >= 15 is 0 Å². The van der Waals surface area contributed by atoms with Crippen LogP contribution in [0.3, 0.4) is 0 Å². The van der Waals surface area contributed by atoms with E-state index in [1.807, 2.05) is 13.1 Å². The molecule has 0 radical (unpaired) electrons. The van der Waals surface area contributed by atoms with Crippen LogP contribution in [0, 0.1) is 11.3 Å².